The summed E-state index contributed by atoms with van der Waals surface area (Å²) in [6.45, 7) is 3.50. The van der Waals surface area contributed by atoms with Crippen LogP contribution in [-0.2, 0) is 9.53 Å². The fourth-order valence-electron chi connectivity index (χ4n) is 1.47. The van der Waals surface area contributed by atoms with Gasteiger partial charge in [0.1, 0.15) is 6.61 Å². The van der Waals surface area contributed by atoms with Crippen LogP contribution in [-0.4, -0.2) is 23.8 Å². The number of carboxylic acids is 1. The lowest BCUT2D eigenvalue weighted by Gasteiger charge is -2.17. The van der Waals surface area contributed by atoms with Crippen LogP contribution in [0.1, 0.15) is 18.0 Å². The Bertz CT molecular complexity index is 475. The van der Waals surface area contributed by atoms with E-state index in [2.05, 4.69) is 27.8 Å². The van der Waals surface area contributed by atoms with Gasteiger partial charge in [-0.3, -0.25) is 4.79 Å². The van der Waals surface area contributed by atoms with Crippen LogP contribution in [0, 0.1) is 0 Å². The average molecular weight is 328 g/mol. The summed E-state index contributed by atoms with van der Waals surface area (Å²) in [6.07, 6.45) is 0.538. The number of ether oxygens (including phenoxy) is 1. The summed E-state index contributed by atoms with van der Waals surface area (Å²) < 4.78 is 5.59. The molecule has 6 heteroatoms. The molecule has 1 amide bonds. The summed E-state index contributed by atoms with van der Waals surface area (Å²) in [5.74, 6) is -1.01. The van der Waals surface area contributed by atoms with E-state index in [-0.39, 0.29) is 13.0 Å². The zero-order valence-electron chi connectivity index (χ0n) is 10.1. The van der Waals surface area contributed by atoms with Gasteiger partial charge >= 0.3 is 12.1 Å². The van der Waals surface area contributed by atoms with Gasteiger partial charge in [-0.15, -0.1) is 0 Å². The molecule has 0 bridgehead atoms. The molecule has 0 spiro atoms. The largest absolute Gasteiger partial charge is 0.481 e. The third kappa shape index (κ3) is 5.56. The Hall–Kier alpha value is -1.82. The Kier molecular flexibility index (Phi) is 6.08. The number of carboxylic acid groups (broad SMARTS) is 1. The predicted molar refractivity (Wildman–Crippen MR) is 73.8 cm³/mol. The molecule has 1 aromatic carbocycles. The van der Waals surface area contributed by atoms with Crippen LogP contribution in [0.2, 0.25) is 0 Å². The third-order valence-corrected chi connectivity index (χ3v) is 2.75. The molecule has 0 fully saturated rings. The number of rotatable bonds is 6. The molecule has 0 heterocycles. The van der Waals surface area contributed by atoms with Gasteiger partial charge in [0.05, 0.1) is 12.5 Å². The number of hydrogen-bond acceptors (Lipinski definition) is 3. The van der Waals surface area contributed by atoms with Crippen LogP contribution >= 0.6 is 15.9 Å². The lowest BCUT2D eigenvalue weighted by Crippen LogP contribution is -2.30. The van der Waals surface area contributed by atoms with Crippen molar-refractivity contribution in [1.82, 2.24) is 5.32 Å². The van der Waals surface area contributed by atoms with E-state index in [1.807, 2.05) is 6.07 Å². The third-order valence-electron chi connectivity index (χ3n) is 2.25. The van der Waals surface area contributed by atoms with E-state index in [4.69, 9.17) is 9.84 Å². The Morgan fingerprint density at radius 2 is 2.26 bits per heavy atom. The summed E-state index contributed by atoms with van der Waals surface area (Å²) in [5, 5.41) is 11.4. The van der Waals surface area contributed by atoms with Crippen molar-refractivity contribution >= 4 is 28.0 Å². The van der Waals surface area contributed by atoms with Gasteiger partial charge in [0.2, 0.25) is 0 Å². The van der Waals surface area contributed by atoms with E-state index >= 15 is 0 Å². The summed E-state index contributed by atoms with van der Waals surface area (Å²) >= 11 is 3.30. The molecule has 0 saturated carbocycles. The highest BCUT2D eigenvalue weighted by Gasteiger charge is 2.18. The van der Waals surface area contributed by atoms with E-state index < -0.39 is 18.1 Å². The van der Waals surface area contributed by atoms with E-state index in [9.17, 15) is 9.59 Å². The minimum absolute atomic E-state index is 0.0735. The van der Waals surface area contributed by atoms with Crippen LogP contribution < -0.4 is 5.32 Å². The predicted octanol–water partition coefficient (Wildman–Crippen LogP) is 2.88. The van der Waals surface area contributed by atoms with Crippen LogP contribution in [0.3, 0.4) is 0 Å². The Morgan fingerprint density at radius 3 is 2.84 bits per heavy atom. The van der Waals surface area contributed by atoms with Crippen molar-refractivity contribution in [1.29, 1.82) is 0 Å². The molecule has 1 rings (SSSR count). The summed E-state index contributed by atoms with van der Waals surface area (Å²) in [7, 11) is 0. The SMILES string of the molecule is C=CCOC(=O)N[C@@H](CC(=O)O)c1cccc(Br)c1. The quantitative estimate of drug-likeness (QED) is 0.788. The normalized spacial score (nSPS) is 11.4. The van der Waals surface area contributed by atoms with E-state index in [0.29, 0.717) is 5.56 Å². The van der Waals surface area contributed by atoms with Crippen molar-refractivity contribution in [2.45, 2.75) is 12.5 Å². The van der Waals surface area contributed by atoms with Gasteiger partial charge in [-0.05, 0) is 17.7 Å². The highest BCUT2D eigenvalue weighted by atomic mass is 79.9. The lowest BCUT2D eigenvalue weighted by molar-refractivity contribution is -0.137. The standard InChI is InChI=1S/C13H14BrNO4/c1-2-6-19-13(18)15-11(8-12(16)17)9-4-3-5-10(14)7-9/h2-5,7,11H,1,6,8H2,(H,15,18)(H,16,17)/t11-/m0/s1. The highest BCUT2D eigenvalue weighted by Crippen LogP contribution is 2.21. The number of alkyl carbamates (subject to hydrolysis) is 1. The average Bonchev–Trinajstić information content (AvgIpc) is 2.35. The van der Waals surface area contributed by atoms with Gasteiger partial charge in [-0.2, -0.15) is 0 Å². The molecule has 1 aromatic rings. The molecule has 0 aliphatic carbocycles. The topological polar surface area (TPSA) is 75.6 Å². The first-order valence-corrected chi connectivity index (χ1v) is 6.33. The molecule has 0 radical (unpaired) electrons. The number of carbonyl (C=O) groups excluding carboxylic acids is 1. The maximum absolute atomic E-state index is 11.5. The first-order chi connectivity index (χ1) is 9.02. The summed E-state index contributed by atoms with van der Waals surface area (Å²) in [5.41, 5.74) is 0.687. The van der Waals surface area contributed by atoms with E-state index in [1.165, 1.54) is 6.08 Å². The van der Waals surface area contributed by atoms with E-state index in [1.54, 1.807) is 18.2 Å². The Morgan fingerprint density at radius 1 is 1.53 bits per heavy atom. The molecule has 0 unspecified atom stereocenters. The van der Waals surface area contributed by atoms with Crippen molar-refractivity contribution < 1.29 is 19.4 Å². The molecule has 102 valence electrons. The van der Waals surface area contributed by atoms with Gasteiger partial charge in [0.25, 0.3) is 0 Å². The zero-order valence-corrected chi connectivity index (χ0v) is 11.7. The van der Waals surface area contributed by atoms with Crippen molar-refractivity contribution in [3.05, 3.63) is 47.0 Å². The van der Waals surface area contributed by atoms with Gasteiger partial charge in [-0.1, -0.05) is 40.7 Å². The molecule has 19 heavy (non-hydrogen) atoms. The van der Waals surface area contributed by atoms with Gasteiger partial charge in [-0.25, -0.2) is 4.79 Å². The second-order valence-corrected chi connectivity index (χ2v) is 4.65. The fourth-order valence-corrected chi connectivity index (χ4v) is 1.89. The van der Waals surface area contributed by atoms with Gasteiger partial charge in [0.15, 0.2) is 0 Å². The van der Waals surface area contributed by atoms with Crippen LogP contribution in [0.5, 0.6) is 0 Å². The number of benzene rings is 1. The zero-order chi connectivity index (χ0) is 14.3. The van der Waals surface area contributed by atoms with Gasteiger partial charge < -0.3 is 15.2 Å². The minimum atomic E-state index is -1.01. The van der Waals surface area contributed by atoms with Crippen molar-refractivity contribution in [3.63, 3.8) is 0 Å². The van der Waals surface area contributed by atoms with Crippen molar-refractivity contribution in [3.8, 4) is 0 Å². The lowest BCUT2D eigenvalue weighted by atomic mass is 10.0. The number of amides is 1. The Labute approximate surface area is 119 Å². The maximum atomic E-state index is 11.5. The molecule has 0 saturated heterocycles. The van der Waals surface area contributed by atoms with Crippen LogP contribution in [0.4, 0.5) is 4.79 Å². The van der Waals surface area contributed by atoms with Crippen molar-refractivity contribution in [2.24, 2.45) is 0 Å². The number of halogens is 1. The van der Waals surface area contributed by atoms with Gasteiger partial charge in [0, 0.05) is 4.47 Å². The number of hydrogen-bond donors (Lipinski definition) is 2. The Balaban J connectivity index is 2.79. The molecule has 1 atom stereocenters. The maximum Gasteiger partial charge on any atom is 0.407 e. The summed E-state index contributed by atoms with van der Waals surface area (Å²) in [6, 6.07) is 6.43. The molecule has 5 nitrogen and oxygen atoms in total. The van der Waals surface area contributed by atoms with Crippen LogP contribution in [0.25, 0.3) is 0 Å². The number of aliphatic carboxylic acids is 1. The minimum Gasteiger partial charge on any atom is -0.481 e. The molecule has 0 aliphatic heterocycles. The summed E-state index contributed by atoms with van der Waals surface area (Å²) in [4.78, 5) is 22.3. The smallest absolute Gasteiger partial charge is 0.407 e. The fraction of sp³-hybridized carbons (Fsp3) is 0.231. The molecule has 0 aromatic heterocycles. The van der Waals surface area contributed by atoms with Crippen LogP contribution in [0.15, 0.2) is 41.4 Å². The van der Waals surface area contributed by atoms with E-state index in [0.717, 1.165) is 4.47 Å². The molecule has 2 N–H and O–H groups in total. The molecular weight excluding hydrogens is 314 g/mol. The number of nitrogens with one attached hydrogen (secondary N) is 1. The van der Waals surface area contributed by atoms with Crippen molar-refractivity contribution in [2.75, 3.05) is 6.61 Å². The second kappa shape index (κ2) is 7.58. The first kappa shape index (κ1) is 15.2. The first-order valence-electron chi connectivity index (χ1n) is 5.54. The monoisotopic (exact) mass is 327 g/mol. The number of carbonyl (C=O) groups is 2. The second-order valence-electron chi connectivity index (χ2n) is 3.74. The molecular formula is C13H14BrNO4. The molecule has 0 aliphatic rings. The highest BCUT2D eigenvalue weighted by molar-refractivity contribution is 9.10.